The number of para-hydroxylation sites is 2. The molecule has 0 atom stereocenters. The van der Waals surface area contributed by atoms with Crippen molar-refractivity contribution in [2.45, 2.75) is 33.4 Å². The lowest BCUT2D eigenvalue weighted by atomic mass is 10.1. The predicted octanol–water partition coefficient (Wildman–Crippen LogP) is 3.48. The fourth-order valence-corrected chi connectivity index (χ4v) is 3.07. The van der Waals surface area contributed by atoms with E-state index < -0.39 is 0 Å². The summed E-state index contributed by atoms with van der Waals surface area (Å²) in [6.45, 7) is 4.73. The number of benzene rings is 2. The van der Waals surface area contributed by atoms with Crippen LogP contribution in [0.5, 0.6) is 0 Å². The predicted molar refractivity (Wildman–Crippen MR) is 93.4 cm³/mol. The molecule has 0 saturated carbocycles. The molecule has 3 aromatic rings. The van der Waals surface area contributed by atoms with Gasteiger partial charge in [-0.2, -0.15) is 0 Å². The molecule has 2 aromatic carbocycles. The van der Waals surface area contributed by atoms with E-state index in [9.17, 15) is 14.9 Å². The van der Waals surface area contributed by atoms with Gasteiger partial charge in [-0.3, -0.25) is 19.2 Å². The van der Waals surface area contributed by atoms with Crippen molar-refractivity contribution in [2.75, 3.05) is 0 Å². The van der Waals surface area contributed by atoms with Gasteiger partial charge in [-0.1, -0.05) is 31.2 Å². The Balaban J connectivity index is 2.15. The fraction of sp³-hybridized carbons (Fsp3) is 0.278. The molecule has 1 heterocycles. The Morgan fingerprint density at radius 2 is 1.71 bits per heavy atom. The normalized spacial score (nSPS) is 11.1. The van der Waals surface area contributed by atoms with E-state index in [1.807, 2.05) is 37.3 Å². The molecule has 6 heteroatoms. The minimum absolute atomic E-state index is 0.0797. The number of aromatic nitrogens is 2. The average molecular weight is 325 g/mol. The molecule has 0 aliphatic rings. The SMILES string of the molecule is CCCn1c(=O)n(Cc2cccc([N+](=O)[O-])c2C)c2ccccc21. The maximum absolute atomic E-state index is 12.8. The molecule has 0 spiro atoms. The molecule has 0 bridgehead atoms. The van der Waals surface area contributed by atoms with Gasteiger partial charge in [0.1, 0.15) is 0 Å². The quantitative estimate of drug-likeness (QED) is 0.532. The van der Waals surface area contributed by atoms with Crippen LogP contribution in [-0.4, -0.2) is 14.1 Å². The van der Waals surface area contributed by atoms with Crippen LogP contribution < -0.4 is 5.69 Å². The highest BCUT2D eigenvalue weighted by molar-refractivity contribution is 5.76. The Hall–Kier alpha value is -2.89. The van der Waals surface area contributed by atoms with Crippen LogP contribution >= 0.6 is 0 Å². The summed E-state index contributed by atoms with van der Waals surface area (Å²) in [5.41, 5.74) is 3.13. The van der Waals surface area contributed by atoms with Crippen molar-refractivity contribution in [1.29, 1.82) is 0 Å². The second-order valence-corrected chi connectivity index (χ2v) is 5.83. The van der Waals surface area contributed by atoms with E-state index in [1.54, 1.807) is 22.1 Å². The number of imidazole rings is 1. The van der Waals surface area contributed by atoms with Crippen molar-refractivity contribution in [3.63, 3.8) is 0 Å². The molecule has 124 valence electrons. The van der Waals surface area contributed by atoms with Gasteiger partial charge in [0.25, 0.3) is 5.69 Å². The van der Waals surface area contributed by atoms with E-state index in [2.05, 4.69) is 0 Å². The topological polar surface area (TPSA) is 70.1 Å². The summed E-state index contributed by atoms with van der Waals surface area (Å²) >= 11 is 0. The Morgan fingerprint density at radius 3 is 2.33 bits per heavy atom. The largest absolute Gasteiger partial charge is 0.329 e. The van der Waals surface area contributed by atoms with Crippen molar-refractivity contribution in [3.05, 3.63) is 74.2 Å². The second kappa shape index (κ2) is 6.31. The number of hydrogen-bond acceptors (Lipinski definition) is 3. The van der Waals surface area contributed by atoms with Gasteiger partial charge in [0.2, 0.25) is 0 Å². The maximum Gasteiger partial charge on any atom is 0.329 e. The minimum atomic E-state index is -0.387. The Morgan fingerprint density at radius 1 is 1.04 bits per heavy atom. The van der Waals surface area contributed by atoms with Crippen LogP contribution in [0.1, 0.15) is 24.5 Å². The molecule has 6 nitrogen and oxygen atoms in total. The van der Waals surface area contributed by atoms with Crippen LogP contribution in [0.3, 0.4) is 0 Å². The molecule has 0 N–H and O–H groups in total. The minimum Gasteiger partial charge on any atom is -0.292 e. The third-order valence-corrected chi connectivity index (χ3v) is 4.31. The summed E-state index contributed by atoms with van der Waals surface area (Å²) < 4.78 is 3.46. The molecule has 0 saturated heterocycles. The summed E-state index contributed by atoms with van der Waals surface area (Å²) in [7, 11) is 0. The molecule has 0 radical (unpaired) electrons. The second-order valence-electron chi connectivity index (χ2n) is 5.83. The van der Waals surface area contributed by atoms with E-state index in [1.165, 1.54) is 6.07 Å². The van der Waals surface area contributed by atoms with Crippen molar-refractivity contribution >= 4 is 16.7 Å². The zero-order valence-electron chi connectivity index (χ0n) is 13.7. The number of nitrogens with zero attached hydrogens (tertiary/aromatic N) is 3. The van der Waals surface area contributed by atoms with E-state index in [4.69, 9.17) is 0 Å². The number of nitro groups is 1. The summed E-state index contributed by atoms with van der Waals surface area (Å²) in [5, 5.41) is 11.1. The van der Waals surface area contributed by atoms with Gasteiger partial charge in [-0.05, 0) is 31.0 Å². The van der Waals surface area contributed by atoms with Gasteiger partial charge in [-0.15, -0.1) is 0 Å². The van der Waals surface area contributed by atoms with E-state index in [-0.39, 0.29) is 16.3 Å². The van der Waals surface area contributed by atoms with Crippen LogP contribution in [-0.2, 0) is 13.1 Å². The van der Waals surface area contributed by atoms with Crippen LogP contribution in [0.2, 0.25) is 0 Å². The highest BCUT2D eigenvalue weighted by Crippen LogP contribution is 2.23. The molecular formula is C18H19N3O3. The monoisotopic (exact) mass is 325 g/mol. The first-order chi connectivity index (χ1) is 11.5. The number of hydrogen-bond donors (Lipinski definition) is 0. The van der Waals surface area contributed by atoms with Crippen molar-refractivity contribution < 1.29 is 4.92 Å². The molecule has 24 heavy (non-hydrogen) atoms. The lowest BCUT2D eigenvalue weighted by Crippen LogP contribution is -2.25. The zero-order valence-corrected chi connectivity index (χ0v) is 13.7. The number of rotatable bonds is 5. The van der Waals surface area contributed by atoms with Crippen molar-refractivity contribution in [3.8, 4) is 0 Å². The van der Waals surface area contributed by atoms with Gasteiger partial charge >= 0.3 is 5.69 Å². The molecule has 0 aliphatic heterocycles. The standard InChI is InChI=1S/C18H19N3O3/c1-3-11-19-16-8-4-5-9-17(16)20(18(19)22)12-14-7-6-10-15(13(14)2)21(23)24/h4-10H,3,11-12H2,1-2H3. The van der Waals surface area contributed by atoms with Gasteiger partial charge < -0.3 is 0 Å². The van der Waals surface area contributed by atoms with Gasteiger partial charge in [0, 0.05) is 18.2 Å². The summed E-state index contributed by atoms with van der Waals surface area (Å²) in [6, 6.07) is 12.6. The summed E-state index contributed by atoms with van der Waals surface area (Å²) in [6.07, 6.45) is 0.865. The third-order valence-electron chi connectivity index (χ3n) is 4.31. The summed E-state index contributed by atoms with van der Waals surface area (Å²) in [4.78, 5) is 23.5. The van der Waals surface area contributed by atoms with Crippen LogP contribution in [0.4, 0.5) is 5.69 Å². The van der Waals surface area contributed by atoms with Crippen LogP contribution in [0, 0.1) is 17.0 Å². The molecule has 0 aliphatic carbocycles. The van der Waals surface area contributed by atoms with E-state index >= 15 is 0 Å². The van der Waals surface area contributed by atoms with Gasteiger partial charge in [-0.25, -0.2) is 4.79 Å². The third kappa shape index (κ3) is 2.60. The summed E-state index contributed by atoms with van der Waals surface area (Å²) in [5.74, 6) is 0. The average Bonchev–Trinajstić information content (AvgIpc) is 2.83. The first-order valence-corrected chi connectivity index (χ1v) is 7.95. The smallest absolute Gasteiger partial charge is 0.292 e. The van der Waals surface area contributed by atoms with E-state index in [0.29, 0.717) is 18.7 Å². The van der Waals surface area contributed by atoms with Gasteiger partial charge in [0.15, 0.2) is 0 Å². The molecule has 0 amide bonds. The Labute approximate surface area is 139 Å². The van der Waals surface area contributed by atoms with Gasteiger partial charge in [0.05, 0.1) is 22.5 Å². The van der Waals surface area contributed by atoms with Crippen LogP contribution in [0.25, 0.3) is 11.0 Å². The number of fused-ring (bicyclic) bond motifs is 1. The molecule has 0 unspecified atom stereocenters. The molecular weight excluding hydrogens is 306 g/mol. The molecule has 0 fully saturated rings. The van der Waals surface area contributed by atoms with Crippen molar-refractivity contribution in [2.24, 2.45) is 0 Å². The Bertz CT molecular complexity index is 969. The molecule has 3 rings (SSSR count). The maximum atomic E-state index is 12.8. The number of aryl methyl sites for hydroxylation is 1. The van der Waals surface area contributed by atoms with Crippen molar-refractivity contribution in [1.82, 2.24) is 9.13 Å². The zero-order chi connectivity index (χ0) is 17.3. The Kier molecular flexibility index (Phi) is 4.20. The highest BCUT2D eigenvalue weighted by Gasteiger charge is 2.17. The van der Waals surface area contributed by atoms with Crippen LogP contribution in [0.15, 0.2) is 47.3 Å². The first-order valence-electron chi connectivity index (χ1n) is 7.95. The number of nitro benzene ring substituents is 1. The fourth-order valence-electron chi connectivity index (χ4n) is 3.07. The highest BCUT2D eigenvalue weighted by atomic mass is 16.6. The molecule has 1 aromatic heterocycles. The first kappa shape index (κ1) is 16.0. The lowest BCUT2D eigenvalue weighted by molar-refractivity contribution is -0.385. The van der Waals surface area contributed by atoms with E-state index in [0.717, 1.165) is 23.0 Å². The lowest BCUT2D eigenvalue weighted by Gasteiger charge is -2.07.